The Hall–Kier alpha value is -1.69. The summed E-state index contributed by atoms with van der Waals surface area (Å²) in [4.78, 5) is 30.2. The van der Waals surface area contributed by atoms with Gasteiger partial charge < -0.3 is 11.1 Å². The number of aromatic nitrogens is 2. The molecule has 0 spiro atoms. The van der Waals surface area contributed by atoms with Crippen LogP contribution in [-0.4, -0.2) is 28.2 Å². The number of primary amides is 1. The minimum atomic E-state index is -0.630. The summed E-state index contributed by atoms with van der Waals surface area (Å²) in [6.45, 7) is 5.30. The van der Waals surface area contributed by atoms with E-state index in [2.05, 4.69) is 15.3 Å². The summed E-state index contributed by atoms with van der Waals surface area (Å²) in [5, 5.41) is 2.89. The number of nitrogens with zero attached hydrogens (tertiary/aromatic N) is 2. The normalized spacial score (nSPS) is 12.3. The number of hydrogen-bond donors (Lipinski definition) is 2. The van der Waals surface area contributed by atoms with E-state index < -0.39 is 11.9 Å². The summed E-state index contributed by atoms with van der Waals surface area (Å²) in [6, 6.07) is -0.630. The van der Waals surface area contributed by atoms with Crippen molar-refractivity contribution >= 4 is 29.6 Å². The van der Waals surface area contributed by atoms with E-state index in [4.69, 9.17) is 17.3 Å². The average molecular weight is 271 g/mol. The molecule has 1 unspecified atom stereocenters. The van der Waals surface area contributed by atoms with Gasteiger partial charge in [0.1, 0.15) is 22.8 Å². The third kappa shape index (κ3) is 3.16. The first-order valence-corrected chi connectivity index (χ1v) is 5.79. The fourth-order valence-electron chi connectivity index (χ4n) is 1.48. The molecule has 6 nitrogen and oxygen atoms in total. The van der Waals surface area contributed by atoms with Crippen LogP contribution < -0.4 is 11.1 Å². The van der Waals surface area contributed by atoms with E-state index in [-0.39, 0.29) is 22.5 Å². The minimum absolute atomic E-state index is 0.0453. The van der Waals surface area contributed by atoms with Crippen molar-refractivity contribution in [3.63, 3.8) is 0 Å². The molecule has 0 bridgehead atoms. The largest absolute Gasteiger partial charge is 0.368 e. The van der Waals surface area contributed by atoms with Gasteiger partial charge in [0.05, 0.1) is 5.56 Å². The number of hydrogen-bond acceptors (Lipinski definition) is 5. The van der Waals surface area contributed by atoms with Crippen molar-refractivity contribution in [1.82, 2.24) is 9.97 Å². The van der Waals surface area contributed by atoms with Crippen molar-refractivity contribution in [2.75, 3.05) is 5.32 Å². The van der Waals surface area contributed by atoms with Crippen molar-refractivity contribution in [3.8, 4) is 0 Å². The summed E-state index contributed by atoms with van der Waals surface area (Å²) in [7, 11) is 0. The van der Waals surface area contributed by atoms with E-state index in [0.717, 1.165) is 0 Å². The first kappa shape index (κ1) is 14.4. The number of aldehydes is 1. The molecule has 0 aliphatic carbocycles. The lowest BCUT2D eigenvalue weighted by Gasteiger charge is -2.20. The molecule has 18 heavy (non-hydrogen) atoms. The standard InChI is InChI=1S/C11H15ClN4O2/c1-5(2)8(10(13)18)16-11-7(4-17)9(12)14-6(3)15-11/h4-5,8H,1-3H3,(H2,13,18)(H,14,15,16). The Bertz CT molecular complexity index is 476. The fraction of sp³-hybridized carbons (Fsp3) is 0.455. The summed E-state index contributed by atoms with van der Waals surface area (Å²) >= 11 is 5.84. The van der Waals surface area contributed by atoms with Crippen LogP contribution in [0.3, 0.4) is 0 Å². The van der Waals surface area contributed by atoms with Gasteiger partial charge in [0.15, 0.2) is 6.29 Å². The Kier molecular flexibility index (Phi) is 4.61. The molecular weight excluding hydrogens is 256 g/mol. The number of nitrogens with two attached hydrogens (primary N) is 1. The zero-order valence-corrected chi connectivity index (χ0v) is 11.2. The van der Waals surface area contributed by atoms with Gasteiger partial charge in [-0.05, 0) is 12.8 Å². The molecule has 1 atom stereocenters. The second-order valence-corrected chi connectivity index (χ2v) is 4.57. The molecule has 0 aliphatic rings. The molecule has 0 fully saturated rings. The summed E-state index contributed by atoms with van der Waals surface area (Å²) in [5.41, 5.74) is 5.41. The molecule has 98 valence electrons. The molecular formula is C11H15ClN4O2. The monoisotopic (exact) mass is 270 g/mol. The van der Waals surface area contributed by atoms with Crippen molar-refractivity contribution in [2.45, 2.75) is 26.8 Å². The van der Waals surface area contributed by atoms with Crippen LogP contribution >= 0.6 is 11.6 Å². The highest BCUT2D eigenvalue weighted by atomic mass is 35.5. The molecule has 1 aromatic rings. The Balaban J connectivity index is 3.16. The number of anilines is 1. The van der Waals surface area contributed by atoms with Crippen LogP contribution in [0.25, 0.3) is 0 Å². The Morgan fingerprint density at radius 3 is 2.50 bits per heavy atom. The maximum Gasteiger partial charge on any atom is 0.240 e. The highest BCUT2D eigenvalue weighted by molar-refractivity contribution is 6.32. The van der Waals surface area contributed by atoms with Crippen molar-refractivity contribution < 1.29 is 9.59 Å². The number of amides is 1. The lowest BCUT2D eigenvalue weighted by molar-refractivity contribution is -0.119. The molecule has 1 heterocycles. The van der Waals surface area contributed by atoms with E-state index in [1.165, 1.54) is 0 Å². The smallest absolute Gasteiger partial charge is 0.240 e. The average Bonchev–Trinajstić information content (AvgIpc) is 2.24. The predicted molar refractivity (Wildman–Crippen MR) is 68.6 cm³/mol. The van der Waals surface area contributed by atoms with E-state index in [1.54, 1.807) is 6.92 Å². The quantitative estimate of drug-likeness (QED) is 0.618. The predicted octanol–water partition coefficient (Wildman–Crippen LogP) is 1.17. The van der Waals surface area contributed by atoms with Crippen LogP contribution in [0.4, 0.5) is 5.82 Å². The lowest BCUT2D eigenvalue weighted by Crippen LogP contribution is -2.40. The zero-order chi connectivity index (χ0) is 13.9. The second-order valence-electron chi connectivity index (χ2n) is 4.21. The molecule has 1 rings (SSSR count). The van der Waals surface area contributed by atoms with Crippen LogP contribution in [0, 0.1) is 12.8 Å². The lowest BCUT2D eigenvalue weighted by atomic mass is 10.0. The Morgan fingerprint density at radius 1 is 1.44 bits per heavy atom. The molecule has 1 aromatic heterocycles. The van der Waals surface area contributed by atoms with E-state index >= 15 is 0 Å². The van der Waals surface area contributed by atoms with Crippen LogP contribution in [0.1, 0.15) is 30.0 Å². The summed E-state index contributed by atoms with van der Waals surface area (Å²) in [5.74, 6) is 0.0605. The van der Waals surface area contributed by atoms with Gasteiger partial charge in [-0.2, -0.15) is 0 Å². The molecule has 0 aliphatic heterocycles. The van der Waals surface area contributed by atoms with Gasteiger partial charge in [0, 0.05) is 0 Å². The highest BCUT2D eigenvalue weighted by Gasteiger charge is 2.22. The summed E-state index contributed by atoms with van der Waals surface area (Å²) in [6.07, 6.45) is 0.544. The van der Waals surface area contributed by atoms with E-state index in [9.17, 15) is 9.59 Å². The summed E-state index contributed by atoms with van der Waals surface area (Å²) < 4.78 is 0. The van der Waals surface area contributed by atoms with Crippen LogP contribution in [0.2, 0.25) is 5.15 Å². The minimum Gasteiger partial charge on any atom is -0.368 e. The number of carbonyl (C=O) groups is 2. The SMILES string of the molecule is Cc1nc(Cl)c(C=O)c(NC(C(N)=O)C(C)C)n1. The first-order valence-electron chi connectivity index (χ1n) is 5.42. The third-order valence-corrected chi connectivity index (χ3v) is 2.68. The highest BCUT2D eigenvalue weighted by Crippen LogP contribution is 2.20. The van der Waals surface area contributed by atoms with Gasteiger partial charge in [-0.3, -0.25) is 9.59 Å². The number of aryl methyl sites for hydroxylation is 1. The maximum absolute atomic E-state index is 11.3. The topological polar surface area (TPSA) is 98.0 Å². The van der Waals surface area contributed by atoms with E-state index in [1.807, 2.05) is 13.8 Å². The fourth-order valence-corrected chi connectivity index (χ4v) is 1.73. The molecule has 0 radical (unpaired) electrons. The molecule has 7 heteroatoms. The van der Waals surface area contributed by atoms with Gasteiger partial charge in [-0.15, -0.1) is 0 Å². The Morgan fingerprint density at radius 2 is 2.06 bits per heavy atom. The van der Waals surface area contributed by atoms with Gasteiger partial charge >= 0.3 is 0 Å². The second kappa shape index (κ2) is 5.77. The first-order chi connectivity index (χ1) is 8.36. The third-order valence-electron chi connectivity index (χ3n) is 2.39. The molecule has 0 saturated carbocycles. The number of carbonyl (C=O) groups excluding carboxylic acids is 2. The van der Waals surface area contributed by atoms with Gasteiger partial charge in [-0.25, -0.2) is 9.97 Å². The van der Waals surface area contributed by atoms with Crippen LogP contribution in [0.15, 0.2) is 0 Å². The van der Waals surface area contributed by atoms with Gasteiger partial charge in [-0.1, -0.05) is 25.4 Å². The van der Waals surface area contributed by atoms with Crippen molar-refractivity contribution in [3.05, 3.63) is 16.5 Å². The number of nitrogens with one attached hydrogen (secondary N) is 1. The molecule has 1 amide bonds. The maximum atomic E-state index is 11.3. The zero-order valence-electron chi connectivity index (χ0n) is 10.4. The number of halogens is 1. The molecule has 0 saturated heterocycles. The van der Waals surface area contributed by atoms with Gasteiger partial charge in [0.2, 0.25) is 5.91 Å². The van der Waals surface area contributed by atoms with Gasteiger partial charge in [0.25, 0.3) is 0 Å². The van der Waals surface area contributed by atoms with Crippen molar-refractivity contribution in [2.24, 2.45) is 11.7 Å². The van der Waals surface area contributed by atoms with Crippen LogP contribution in [0.5, 0.6) is 0 Å². The number of rotatable bonds is 5. The van der Waals surface area contributed by atoms with Crippen molar-refractivity contribution in [1.29, 1.82) is 0 Å². The molecule has 0 aromatic carbocycles. The van der Waals surface area contributed by atoms with E-state index in [0.29, 0.717) is 12.1 Å². The Labute approximate surface area is 110 Å². The van der Waals surface area contributed by atoms with Crippen LogP contribution in [-0.2, 0) is 4.79 Å². The molecule has 3 N–H and O–H groups in total.